The third-order valence-electron chi connectivity index (χ3n) is 9.64. The normalized spacial score (nSPS) is 13.0. The molecule has 0 fully saturated rings. The van der Waals surface area contributed by atoms with Gasteiger partial charge in [0.05, 0.1) is 11.4 Å². The standard InChI is InChI=1S/C49H35N5/c1-5-17-34(18-6-1)43-31-16-32-44(35-19-7-2-8-20-35)51-49(50-43)42-30-15-26-36-25-14-29-41(45(36)42)39-27-13-28-40(33-39)48-53-46(37-21-9-3-10-22-37)52-47(54-48)38-23-11-4-12-24-38/h1-15,17-31,33H,16,32H2. The van der Waals surface area contributed by atoms with Crippen LogP contribution in [0.4, 0.5) is 0 Å². The van der Waals surface area contributed by atoms with Crippen LogP contribution in [0.5, 0.6) is 0 Å². The maximum absolute atomic E-state index is 5.38. The van der Waals surface area contributed by atoms with Crippen LogP contribution in [-0.2, 0) is 0 Å². The number of fused-ring (bicyclic) bond motifs is 1. The molecule has 0 spiro atoms. The van der Waals surface area contributed by atoms with Gasteiger partial charge in [0.1, 0.15) is 0 Å². The topological polar surface area (TPSA) is 63.4 Å². The number of rotatable bonds is 7. The Balaban J connectivity index is 1.21. The average Bonchev–Trinajstić information content (AvgIpc) is 3.24. The van der Waals surface area contributed by atoms with E-state index in [9.17, 15) is 0 Å². The largest absolute Gasteiger partial charge is 0.232 e. The minimum atomic E-state index is 0.615. The van der Waals surface area contributed by atoms with Crippen LogP contribution in [0.1, 0.15) is 29.5 Å². The number of aliphatic imine (C=N–C) groups is 2. The summed E-state index contributed by atoms with van der Waals surface area (Å²) < 4.78 is 0. The van der Waals surface area contributed by atoms with E-state index in [2.05, 4.69) is 115 Å². The minimum Gasteiger partial charge on any atom is -0.232 e. The van der Waals surface area contributed by atoms with Gasteiger partial charge in [-0.25, -0.2) is 24.9 Å². The second-order valence-corrected chi connectivity index (χ2v) is 13.2. The summed E-state index contributed by atoms with van der Waals surface area (Å²) in [5.41, 5.74) is 10.0. The fourth-order valence-electron chi connectivity index (χ4n) is 7.00. The van der Waals surface area contributed by atoms with Gasteiger partial charge in [-0.15, -0.1) is 0 Å². The second kappa shape index (κ2) is 14.9. The molecule has 0 saturated heterocycles. The van der Waals surface area contributed by atoms with Crippen molar-refractivity contribution in [2.45, 2.75) is 12.8 Å². The van der Waals surface area contributed by atoms with E-state index in [4.69, 9.17) is 24.9 Å². The second-order valence-electron chi connectivity index (χ2n) is 13.2. The quantitative estimate of drug-likeness (QED) is 0.167. The van der Waals surface area contributed by atoms with Crippen molar-refractivity contribution in [3.8, 4) is 45.3 Å². The van der Waals surface area contributed by atoms with Gasteiger partial charge >= 0.3 is 0 Å². The van der Waals surface area contributed by atoms with Crippen LogP contribution in [0.25, 0.3) is 61.8 Å². The van der Waals surface area contributed by atoms with E-state index >= 15 is 0 Å². The zero-order chi connectivity index (χ0) is 36.1. The lowest BCUT2D eigenvalue weighted by Gasteiger charge is -2.16. The summed E-state index contributed by atoms with van der Waals surface area (Å²) in [6, 6.07) is 62.3. The van der Waals surface area contributed by atoms with Gasteiger partial charge in [-0.2, -0.15) is 0 Å². The molecular weight excluding hydrogens is 659 g/mol. The molecule has 0 N–H and O–H groups in total. The number of nitrogens with zero attached hydrogens (tertiary/aromatic N) is 5. The molecule has 2 heterocycles. The number of allylic oxidation sites excluding steroid dienone is 1. The first-order valence-corrected chi connectivity index (χ1v) is 18.2. The number of aromatic nitrogens is 3. The monoisotopic (exact) mass is 693 g/mol. The molecule has 256 valence electrons. The molecule has 0 atom stereocenters. The summed E-state index contributed by atoms with van der Waals surface area (Å²) >= 11 is 0. The van der Waals surface area contributed by atoms with E-state index < -0.39 is 0 Å². The molecule has 0 aliphatic carbocycles. The Bertz CT molecular complexity index is 2620. The summed E-state index contributed by atoms with van der Waals surface area (Å²) in [6.45, 7) is 0. The molecular formula is C49H35N5. The molecule has 1 aliphatic heterocycles. The SMILES string of the molecule is C1=C(c2ccccc2)N=C(c2cccc3cccc(-c4cccc(-c5nc(-c6ccccc6)nc(-c6ccccc6)n5)c4)c23)N=C(c2ccccc2)CC1. The molecule has 9 rings (SSSR count). The van der Waals surface area contributed by atoms with Crippen molar-refractivity contribution >= 4 is 28.0 Å². The van der Waals surface area contributed by atoms with Crippen LogP contribution in [0, 0.1) is 0 Å². The highest BCUT2D eigenvalue weighted by atomic mass is 15.0. The van der Waals surface area contributed by atoms with Gasteiger partial charge in [-0.3, -0.25) is 0 Å². The molecule has 0 saturated carbocycles. The van der Waals surface area contributed by atoms with Gasteiger partial charge in [-0.1, -0.05) is 182 Å². The predicted octanol–water partition coefficient (Wildman–Crippen LogP) is 11.8. The fourth-order valence-corrected chi connectivity index (χ4v) is 7.00. The van der Waals surface area contributed by atoms with Gasteiger partial charge in [-0.05, 0) is 46.5 Å². The molecule has 0 bridgehead atoms. The van der Waals surface area contributed by atoms with Crippen molar-refractivity contribution in [1.82, 2.24) is 15.0 Å². The van der Waals surface area contributed by atoms with Crippen LogP contribution in [-0.4, -0.2) is 26.5 Å². The van der Waals surface area contributed by atoms with Crippen LogP contribution >= 0.6 is 0 Å². The molecule has 1 aromatic heterocycles. The van der Waals surface area contributed by atoms with Crippen LogP contribution in [0.15, 0.2) is 198 Å². The lowest BCUT2D eigenvalue weighted by molar-refractivity contribution is 1.07. The van der Waals surface area contributed by atoms with Crippen molar-refractivity contribution in [2.75, 3.05) is 0 Å². The van der Waals surface area contributed by atoms with Gasteiger partial charge in [0.25, 0.3) is 0 Å². The van der Waals surface area contributed by atoms with Gasteiger partial charge in [0.2, 0.25) is 0 Å². The summed E-state index contributed by atoms with van der Waals surface area (Å²) in [5, 5.41) is 2.20. The number of benzene rings is 7. The first-order valence-electron chi connectivity index (χ1n) is 18.2. The van der Waals surface area contributed by atoms with E-state index in [-0.39, 0.29) is 0 Å². The van der Waals surface area contributed by atoms with E-state index in [1.807, 2.05) is 72.8 Å². The first-order chi connectivity index (χ1) is 26.8. The maximum atomic E-state index is 5.38. The van der Waals surface area contributed by atoms with E-state index in [0.29, 0.717) is 23.3 Å². The fraction of sp³-hybridized carbons (Fsp3) is 0.0408. The maximum Gasteiger partial charge on any atom is 0.164 e. The summed E-state index contributed by atoms with van der Waals surface area (Å²) in [5.74, 6) is 2.57. The smallest absolute Gasteiger partial charge is 0.164 e. The molecule has 5 nitrogen and oxygen atoms in total. The number of hydrogen-bond acceptors (Lipinski definition) is 5. The highest BCUT2D eigenvalue weighted by molar-refractivity contribution is 6.20. The van der Waals surface area contributed by atoms with Crippen molar-refractivity contribution in [2.24, 2.45) is 9.98 Å². The van der Waals surface area contributed by atoms with Crippen LogP contribution in [0.3, 0.4) is 0 Å². The summed E-state index contributed by atoms with van der Waals surface area (Å²) in [4.78, 5) is 25.7. The Morgan fingerprint density at radius 2 is 0.852 bits per heavy atom. The Morgan fingerprint density at radius 3 is 1.46 bits per heavy atom. The molecule has 5 heteroatoms. The summed E-state index contributed by atoms with van der Waals surface area (Å²) in [6.07, 6.45) is 3.89. The van der Waals surface area contributed by atoms with Crippen molar-refractivity contribution in [1.29, 1.82) is 0 Å². The van der Waals surface area contributed by atoms with Gasteiger partial charge in [0, 0.05) is 27.6 Å². The zero-order valence-electron chi connectivity index (χ0n) is 29.5. The molecule has 0 amide bonds. The number of hydrogen-bond donors (Lipinski definition) is 0. The molecule has 0 radical (unpaired) electrons. The Labute approximate surface area is 314 Å². The van der Waals surface area contributed by atoms with E-state index in [1.165, 1.54) is 0 Å². The van der Waals surface area contributed by atoms with Crippen molar-refractivity contribution in [3.63, 3.8) is 0 Å². The molecule has 7 aromatic carbocycles. The van der Waals surface area contributed by atoms with E-state index in [0.717, 1.165) is 79.5 Å². The highest BCUT2D eigenvalue weighted by Gasteiger charge is 2.18. The van der Waals surface area contributed by atoms with Gasteiger partial charge in [0.15, 0.2) is 23.3 Å². The Hall–Kier alpha value is -7.11. The van der Waals surface area contributed by atoms with Crippen molar-refractivity contribution in [3.05, 3.63) is 205 Å². The van der Waals surface area contributed by atoms with Crippen LogP contribution < -0.4 is 0 Å². The Morgan fingerprint density at radius 1 is 0.370 bits per heavy atom. The third kappa shape index (κ3) is 6.79. The molecule has 8 aromatic rings. The van der Waals surface area contributed by atoms with Crippen molar-refractivity contribution < 1.29 is 0 Å². The number of amidine groups is 1. The first kappa shape index (κ1) is 32.8. The average molecular weight is 694 g/mol. The Kier molecular flexibility index (Phi) is 9.02. The lowest BCUT2D eigenvalue weighted by atomic mass is 9.93. The lowest BCUT2D eigenvalue weighted by Crippen LogP contribution is -2.10. The van der Waals surface area contributed by atoms with Crippen LogP contribution in [0.2, 0.25) is 0 Å². The molecule has 1 aliphatic rings. The van der Waals surface area contributed by atoms with E-state index in [1.54, 1.807) is 0 Å². The zero-order valence-corrected chi connectivity index (χ0v) is 29.5. The summed E-state index contributed by atoms with van der Waals surface area (Å²) in [7, 11) is 0. The molecule has 54 heavy (non-hydrogen) atoms. The highest BCUT2D eigenvalue weighted by Crippen LogP contribution is 2.35. The third-order valence-corrected chi connectivity index (χ3v) is 9.64. The predicted molar refractivity (Wildman–Crippen MR) is 222 cm³/mol. The molecule has 0 unspecified atom stereocenters. The van der Waals surface area contributed by atoms with Gasteiger partial charge < -0.3 is 0 Å². The minimum absolute atomic E-state index is 0.615.